The second-order valence-electron chi connectivity index (χ2n) is 10.8. The van der Waals surface area contributed by atoms with Gasteiger partial charge in [0.1, 0.15) is 6.10 Å². The SMILES string of the molecule is CCCC[C@@](C)(O)[C@H]1C[C@@]23C=C[C@@H]1[C@@H]1Oc4c(OC)ccc5c4[C@@]12CCN(C)[C@@H]3C5. The highest BCUT2D eigenvalue weighted by atomic mass is 16.5. The molecule has 2 fully saturated rings. The van der Waals surface area contributed by atoms with E-state index in [1.54, 1.807) is 7.11 Å². The molecule has 1 saturated heterocycles. The van der Waals surface area contributed by atoms with Gasteiger partial charge in [-0.2, -0.15) is 0 Å². The molecular formula is C26H35NO3. The minimum atomic E-state index is -0.657. The van der Waals surface area contributed by atoms with Crippen LogP contribution in [-0.2, 0) is 11.8 Å². The average molecular weight is 410 g/mol. The Morgan fingerprint density at radius 2 is 2.20 bits per heavy atom. The standard InChI is InChI=1S/C26H35NO3/c1-5-6-10-24(2,28)18-15-25-11-9-17(18)23-26(25)12-13-27(3)20(25)14-16-7-8-19(29-4)22(30-23)21(16)26/h7-9,11,17-18,20,23,28H,5-6,10,12-15H2,1-4H3/t17-,18-,20+,23-,24+,25+,26-/m0/s1. The minimum absolute atomic E-state index is 0.0262. The summed E-state index contributed by atoms with van der Waals surface area (Å²) in [6, 6.07) is 4.84. The van der Waals surface area contributed by atoms with Crippen LogP contribution in [0.3, 0.4) is 0 Å². The van der Waals surface area contributed by atoms with Crippen molar-refractivity contribution in [2.45, 2.75) is 75.5 Å². The molecule has 162 valence electrons. The van der Waals surface area contributed by atoms with E-state index in [0.29, 0.717) is 6.04 Å². The second-order valence-corrected chi connectivity index (χ2v) is 10.8. The summed E-state index contributed by atoms with van der Waals surface area (Å²) in [5.41, 5.74) is 2.29. The molecular weight excluding hydrogens is 374 g/mol. The average Bonchev–Trinajstić information content (AvgIpc) is 3.11. The van der Waals surface area contributed by atoms with E-state index in [-0.39, 0.29) is 28.8 Å². The molecule has 4 bridgehead atoms. The summed E-state index contributed by atoms with van der Waals surface area (Å²) < 4.78 is 12.7. The number of aliphatic hydroxyl groups is 1. The number of ether oxygens (including phenoxy) is 2. The maximum atomic E-state index is 11.7. The van der Waals surface area contributed by atoms with Crippen LogP contribution in [0.15, 0.2) is 24.3 Å². The van der Waals surface area contributed by atoms with E-state index in [1.165, 1.54) is 11.1 Å². The summed E-state index contributed by atoms with van der Waals surface area (Å²) in [6.45, 7) is 5.41. The summed E-state index contributed by atoms with van der Waals surface area (Å²) in [5, 5.41) is 11.7. The topological polar surface area (TPSA) is 41.9 Å². The zero-order valence-corrected chi connectivity index (χ0v) is 18.8. The first kappa shape index (κ1) is 19.2. The van der Waals surface area contributed by atoms with Crippen LogP contribution >= 0.6 is 0 Å². The van der Waals surface area contributed by atoms with Gasteiger partial charge in [-0.25, -0.2) is 0 Å². The Kier molecular flexibility index (Phi) is 3.86. The summed E-state index contributed by atoms with van der Waals surface area (Å²) in [4.78, 5) is 2.58. The molecule has 0 amide bonds. The van der Waals surface area contributed by atoms with Gasteiger partial charge in [0, 0.05) is 28.4 Å². The van der Waals surface area contributed by atoms with Crippen LogP contribution in [0.2, 0.25) is 0 Å². The van der Waals surface area contributed by atoms with Crippen LogP contribution < -0.4 is 9.47 Å². The molecule has 4 nitrogen and oxygen atoms in total. The molecule has 2 heterocycles. The van der Waals surface area contributed by atoms with Gasteiger partial charge < -0.3 is 19.5 Å². The molecule has 1 aromatic rings. The third-order valence-electron chi connectivity index (χ3n) is 9.66. The van der Waals surface area contributed by atoms with Crippen LogP contribution in [0.4, 0.5) is 0 Å². The van der Waals surface area contributed by atoms with Crippen LogP contribution in [0, 0.1) is 17.3 Å². The van der Waals surface area contributed by atoms with Crippen molar-refractivity contribution in [2.24, 2.45) is 17.3 Å². The zero-order valence-electron chi connectivity index (χ0n) is 18.8. The normalized spacial score (nSPS) is 41.9. The van der Waals surface area contributed by atoms with Crippen molar-refractivity contribution < 1.29 is 14.6 Å². The Morgan fingerprint density at radius 3 is 2.97 bits per heavy atom. The first-order chi connectivity index (χ1) is 14.4. The number of hydrogen-bond acceptors (Lipinski definition) is 4. The first-order valence-electron chi connectivity index (χ1n) is 11.9. The van der Waals surface area contributed by atoms with Crippen molar-refractivity contribution >= 4 is 0 Å². The maximum absolute atomic E-state index is 11.7. The Hall–Kier alpha value is -1.52. The number of hydrogen-bond donors (Lipinski definition) is 1. The number of piperidine rings is 1. The summed E-state index contributed by atoms with van der Waals surface area (Å²) in [7, 11) is 4.05. The van der Waals surface area contributed by atoms with E-state index < -0.39 is 5.60 Å². The Balaban J connectivity index is 1.56. The Labute approximate surface area is 180 Å². The predicted octanol–water partition coefficient (Wildman–Crippen LogP) is 4.09. The van der Waals surface area contributed by atoms with Gasteiger partial charge in [0.25, 0.3) is 0 Å². The highest BCUT2D eigenvalue weighted by Gasteiger charge is 2.75. The smallest absolute Gasteiger partial charge is 0.165 e. The van der Waals surface area contributed by atoms with Gasteiger partial charge in [0.2, 0.25) is 0 Å². The van der Waals surface area contributed by atoms with Crippen molar-refractivity contribution in [1.82, 2.24) is 4.90 Å². The van der Waals surface area contributed by atoms with Crippen LogP contribution in [-0.4, -0.2) is 48.5 Å². The van der Waals surface area contributed by atoms with E-state index in [1.807, 2.05) is 0 Å². The lowest BCUT2D eigenvalue weighted by molar-refractivity contribution is -0.173. The lowest BCUT2D eigenvalue weighted by Crippen LogP contribution is -2.75. The van der Waals surface area contributed by atoms with Gasteiger partial charge in [0.15, 0.2) is 11.5 Å². The lowest BCUT2D eigenvalue weighted by Gasteiger charge is -2.70. The van der Waals surface area contributed by atoms with Crippen molar-refractivity contribution in [3.8, 4) is 11.5 Å². The fourth-order valence-corrected chi connectivity index (χ4v) is 8.29. The molecule has 0 unspecified atom stereocenters. The van der Waals surface area contributed by atoms with Gasteiger partial charge in [0.05, 0.1) is 12.7 Å². The van der Waals surface area contributed by atoms with E-state index >= 15 is 0 Å². The van der Waals surface area contributed by atoms with Gasteiger partial charge >= 0.3 is 0 Å². The first-order valence-corrected chi connectivity index (χ1v) is 11.9. The fourth-order valence-electron chi connectivity index (χ4n) is 8.29. The van der Waals surface area contributed by atoms with Gasteiger partial charge in [-0.15, -0.1) is 0 Å². The molecule has 7 rings (SSSR count). The third-order valence-corrected chi connectivity index (χ3v) is 9.66. The molecule has 1 N–H and O–H groups in total. The second kappa shape index (κ2) is 6.04. The summed E-state index contributed by atoms with van der Waals surface area (Å²) in [5.74, 6) is 2.36. The van der Waals surface area contributed by atoms with Crippen LogP contribution in [0.25, 0.3) is 0 Å². The highest BCUT2D eigenvalue weighted by Crippen LogP contribution is 2.74. The Bertz CT molecular complexity index is 923. The Morgan fingerprint density at radius 1 is 1.37 bits per heavy atom. The number of nitrogens with zero attached hydrogens (tertiary/aromatic N) is 1. The van der Waals surface area contributed by atoms with Crippen molar-refractivity contribution in [2.75, 3.05) is 20.7 Å². The fraction of sp³-hybridized carbons (Fsp3) is 0.692. The molecule has 1 saturated carbocycles. The molecule has 0 aromatic heterocycles. The maximum Gasteiger partial charge on any atom is 0.165 e. The third kappa shape index (κ3) is 2.01. The summed E-state index contributed by atoms with van der Waals surface area (Å²) >= 11 is 0. The number of likely N-dealkylation sites (N-methyl/N-ethyl adjacent to an activating group) is 1. The monoisotopic (exact) mass is 409 g/mol. The molecule has 4 heteroatoms. The molecule has 2 aliphatic heterocycles. The predicted molar refractivity (Wildman–Crippen MR) is 117 cm³/mol. The van der Waals surface area contributed by atoms with E-state index in [9.17, 15) is 5.11 Å². The molecule has 4 aliphatic carbocycles. The highest BCUT2D eigenvalue weighted by molar-refractivity contribution is 5.64. The number of benzene rings is 1. The summed E-state index contributed by atoms with van der Waals surface area (Å²) in [6.07, 6.45) is 11.4. The van der Waals surface area contributed by atoms with Crippen LogP contribution in [0.1, 0.15) is 57.1 Å². The number of rotatable bonds is 5. The number of fused-ring (bicyclic) bond motifs is 1. The molecule has 7 atom stereocenters. The van der Waals surface area contributed by atoms with Crippen molar-refractivity contribution in [1.29, 1.82) is 0 Å². The number of likely N-dealkylation sites (tertiary alicyclic amines) is 1. The lowest BCUT2D eigenvalue weighted by atomic mass is 9.37. The van der Waals surface area contributed by atoms with Gasteiger partial charge in [-0.1, -0.05) is 38.0 Å². The van der Waals surface area contributed by atoms with Crippen molar-refractivity contribution in [3.05, 3.63) is 35.4 Å². The quantitative estimate of drug-likeness (QED) is 0.744. The van der Waals surface area contributed by atoms with E-state index in [4.69, 9.17) is 9.47 Å². The molecule has 6 aliphatic rings. The zero-order chi connectivity index (χ0) is 20.9. The van der Waals surface area contributed by atoms with Crippen LogP contribution in [0.5, 0.6) is 11.5 Å². The molecule has 1 aromatic carbocycles. The van der Waals surface area contributed by atoms with E-state index in [0.717, 1.165) is 56.6 Å². The minimum Gasteiger partial charge on any atom is -0.493 e. The molecule has 0 radical (unpaired) electrons. The molecule has 30 heavy (non-hydrogen) atoms. The number of methoxy groups -OCH3 is 1. The van der Waals surface area contributed by atoms with Gasteiger partial charge in [-0.3, -0.25) is 0 Å². The number of unbranched alkanes of at least 4 members (excludes halogenated alkanes) is 1. The van der Waals surface area contributed by atoms with Gasteiger partial charge in [-0.05, 0) is 63.7 Å². The molecule has 2 spiro atoms. The van der Waals surface area contributed by atoms with E-state index in [2.05, 4.69) is 50.1 Å². The largest absolute Gasteiger partial charge is 0.493 e. The van der Waals surface area contributed by atoms with Crippen molar-refractivity contribution in [3.63, 3.8) is 0 Å².